The van der Waals surface area contributed by atoms with Gasteiger partial charge in [0, 0.05) is 22.2 Å². The second-order valence-corrected chi connectivity index (χ2v) is 5.17. The summed E-state index contributed by atoms with van der Waals surface area (Å²) in [4.78, 5) is 0. The van der Waals surface area contributed by atoms with Gasteiger partial charge in [0.1, 0.15) is 12.4 Å². The third-order valence-corrected chi connectivity index (χ3v) is 3.46. The fourth-order valence-electron chi connectivity index (χ4n) is 1.77. The third kappa shape index (κ3) is 3.63. The first-order chi connectivity index (χ1) is 9.10. The lowest BCUT2D eigenvalue weighted by Crippen LogP contribution is -2.00. The summed E-state index contributed by atoms with van der Waals surface area (Å²) in [6.45, 7) is 2.86. The quantitative estimate of drug-likeness (QED) is 0.911. The predicted octanol–water partition coefficient (Wildman–Crippen LogP) is 4.34. The number of aryl methyl sites for hydroxylation is 1. The van der Waals surface area contributed by atoms with Crippen LogP contribution in [0.5, 0.6) is 5.75 Å². The molecule has 0 saturated carbocycles. The van der Waals surface area contributed by atoms with Crippen LogP contribution in [0.25, 0.3) is 0 Å². The first-order valence-corrected chi connectivity index (χ1v) is 6.72. The topological polar surface area (TPSA) is 35.2 Å². The molecule has 0 bridgehead atoms. The smallest absolute Gasteiger partial charge is 0.122 e. The normalized spacial score (nSPS) is 10.5. The number of hydrogen-bond acceptors (Lipinski definition) is 2. The predicted molar refractivity (Wildman–Crippen MR) is 79.9 cm³/mol. The third-order valence-electron chi connectivity index (χ3n) is 2.87. The van der Waals surface area contributed by atoms with Crippen molar-refractivity contribution in [1.29, 1.82) is 0 Å². The first-order valence-electron chi connectivity index (χ1n) is 5.96. The lowest BCUT2D eigenvalue weighted by atomic mass is 10.1. The summed E-state index contributed by atoms with van der Waals surface area (Å²) in [5, 5.41) is 1.38. The highest BCUT2D eigenvalue weighted by molar-refractivity contribution is 6.31. The van der Waals surface area contributed by atoms with Gasteiger partial charge in [-0.2, -0.15) is 0 Å². The van der Waals surface area contributed by atoms with Crippen molar-refractivity contribution < 1.29 is 4.74 Å². The molecule has 2 N–H and O–H groups in total. The van der Waals surface area contributed by atoms with Crippen LogP contribution in [0.4, 0.5) is 0 Å². The Morgan fingerprint density at radius 3 is 2.53 bits per heavy atom. The minimum atomic E-state index is 0.423. The van der Waals surface area contributed by atoms with E-state index in [4.69, 9.17) is 33.7 Å². The van der Waals surface area contributed by atoms with Crippen LogP contribution in [0.3, 0.4) is 0 Å². The van der Waals surface area contributed by atoms with Gasteiger partial charge < -0.3 is 10.5 Å². The Morgan fingerprint density at radius 2 is 1.89 bits per heavy atom. The number of halogens is 2. The molecule has 0 fully saturated rings. The van der Waals surface area contributed by atoms with Crippen molar-refractivity contribution in [3.05, 3.63) is 63.1 Å². The maximum Gasteiger partial charge on any atom is 0.122 e. The van der Waals surface area contributed by atoms with Crippen LogP contribution in [0.1, 0.15) is 16.7 Å². The van der Waals surface area contributed by atoms with E-state index >= 15 is 0 Å². The molecule has 0 aliphatic rings. The molecule has 0 aliphatic heterocycles. The van der Waals surface area contributed by atoms with Crippen molar-refractivity contribution in [3.63, 3.8) is 0 Å². The first kappa shape index (κ1) is 14.2. The molecule has 19 heavy (non-hydrogen) atoms. The lowest BCUT2D eigenvalue weighted by molar-refractivity contribution is 0.304. The molecule has 2 nitrogen and oxygen atoms in total. The van der Waals surface area contributed by atoms with Crippen molar-refractivity contribution in [2.45, 2.75) is 20.1 Å². The van der Waals surface area contributed by atoms with Crippen LogP contribution < -0.4 is 10.5 Å². The van der Waals surface area contributed by atoms with Gasteiger partial charge in [0.15, 0.2) is 0 Å². The fraction of sp³-hybridized carbons (Fsp3) is 0.200. The second-order valence-electron chi connectivity index (χ2n) is 4.33. The van der Waals surface area contributed by atoms with Crippen molar-refractivity contribution in [3.8, 4) is 5.75 Å². The van der Waals surface area contributed by atoms with Crippen molar-refractivity contribution in [2.24, 2.45) is 5.73 Å². The maximum atomic E-state index is 6.18. The molecule has 0 radical (unpaired) electrons. The molecule has 0 aromatic heterocycles. The molecular formula is C15H15Cl2NO. The molecule has 0 heterocycles. The molecule has 4 heteroatoms. The van der Waals surface area contributed by atoms with Crippen molar-refractivity contribution >= 4 is 23.2 Å². The highest BCUT2D eigenvalue weighted by atomic mass is 35.5. The molecule has 0 amide bonds. The summed E-state index contributed by atoms with van der Waals surface area (Å²) in [5.74, 6) is 0.809. The maximum absolute atomic E-state index is 6.18. The minimum Gasteiger partial charge on any atom is -0.489 e. The Morgan fingerprint density at radius 1 is 1.11 bits per heavy atom. The van der Waals surface area contributed by atoms with Crippen LogP contribution in [0, 0.1) is 6.92 Å². The summed E-state index contributed by atoms with van der Waals surface area (Å²) in [7, 11) is 0. The molecule has 0 aliphatic carbocycles. The van der Waals surface area contributed by atoms with Crippen LogP contribution in [-0.2, 0) is 13.2 Å². The van der Waals surface area contributed by atoms with Gasteiger partial charge in [0.2, 0.25) is 0 Å². The molecule has 2 aromatic carbocycles. The van der Waals surface area contributed by atoms with Gasteiger partial charge in [-0.1, -0.05) is 35.3 Å². The van der Waals surface area contributed by atoms with E-state index in [1.807, 2.05) is 43.3 Å². The average molecular weight is 296 g/mol. The van der Waals surface area contributed by atoms with Gasteiger partial charge in [0.25, 0.3) is 0 Å². The molecule has 0 unspecified atom stereocenters. The van der Waals surface area contributed by atoms with Crippen LogP contribution in [0.2, 0.25) is 10.0 Å². The molecule has 0 atom stereocenters. The minimum absolute atomic E-state index is 0.423. The summed E-state index contributed by atoms with van der Waals surface area (Å²) < 4.78 is 5.76. The van der Waals surface area contributed by atoms with E-state index in [1.165, 1.54) is 0 Å². The van der Waals surface area contributed by atoms with E-state index in [-0.39, 0.29) is 0 Å². The summed E-state index contributed by atoms with van der Waals surface area (Å²) >= 11 is 12.1. The Balaban J connectivity index is 2.10. The van der Waals surface area contributed by atoms with Crippen molar-refractivity contribution in [1.82, 2.24) is 0 Å². The fourth-order valence-corrected chi connectivity index (χ4v) is 2.25. The van der Waals surface area contributed by atoms with Crippen LogP contribution >= 0.6 is 23.2 Å². The number of rotatable bonds is 4. The van der Waals surface area contributed by atoms with E-state index in [0.29, 0.717) is 23.2 Å². The summed E-state index contributed by atoms with van der Waals surface area (Å²) in [6.07, 6.45) is 0. The average Bonchev–Trinajstić information content (AvgIpc) is 2.39. The van der Waals surface area contributed by atoms with E-state index in [0.717, 1.165) is 22.4 Å². The molecule has 0 spiro atoms. The number of hydrogen-bond donors (Lipinski definition) is 1. The molecule has 0 saturated heterocycles. The van der Waals surface area contributed by atoms with E-state index in [2.05, 4.69) is 0 Å². The molecule has 2 aromatic rings. The largest absolute Gasteiger partial charge is 0.489 e. The van der Waals surface area contributed by atoms with Crippen LogP contribution in [-0.4, -0.2) is 0 Å². The molecular weight excluding hydrogens is 281 g/mol. The van der Waals surface area contributed by atoms with Crippen LogP contribution in [0.15, 0.2) is 36.4 Å². The van der Waals surface area contributed by atoms with Gasteiger partial charge in [-0.3, -0.25) is 0 Å². The number of benzene rings is 2. The second kappa shape index (κ2) is 6.29. The molecule has 2 rings (SSSR count). The van der Waals surface area contributed by atoms with Gasteiger partial charge in [-0.15, -0.1) is 0 Å². The highest BCUT2D eigenvalue weighted by Gasteiger charge is 2.05. The van der Waals surface area contributed by atoms with Crippen molar-refractivity contribution in [2.75, 3.05) is 0 Å². The Kier molecular flexibility index (Phi) is 4.70. The standard InChI is InChI=1S/C15H15Cl2NO/c1-10-6-13(16)4-5-15(10)19-9-12-3-2-11(8-18)7-14(12)17/h2-7H,8-9,18H2,1H3. The van der Waals surface area contributed by atoms with Gasteiger partial charge >= 0.3 is 0 Å². The lowest BCUT2D eigenvalue weighted by Gasteiger charge is -2.11. The van der Waals surface area contributed by atoms with E-state index < -0.39 is 0 Å². The molecule has 100 valence electrons. The number of nitrogens with two attached hydrogens (primary N) is 1. The monoisotopic (exact) mass is 295 g/mol. The summed E-state index contributed by atoms with van der Waals surface area (Å²) in [5.41, 5.74) is 8.52. The highest BCUT2D eigenvalue weighted by Crippen LogP contribution is 2.24. The number of ether oxygens (including phenoxy) is 1. The van der Waals surface area contributed by atoms with Gasteiger partial charge in [-0.05, 0) is 42.3 Å². The summed E-state index contributed by atoms with van der Waals surface area (Å²) in [6, 6.07) is 11.3. The Hall–Kier alpha value is -1.22. The van der Waals surface area contributed by atoms with E-state index in [9.17, 15) is 0 Å². The zero-order valence-corrected chi connectivity index (χ0v) is 12.1. The SMILES string of the molecule is Cc1cc(Cl)ccc1OCc1ccc(CN)cc1Cl. The van der Waals surface area contributed by atoms with Gasteiger partial charge in [0.05, 0.1) is 0 Å². The van der Waals surface area contributed by atoms with E-state index in [1.54, 1.807) is 0 Å². The Labute approximate surface area is 123 Å². The zero-order chi connectivity index (χ0) is 13.8. The van der Waals surface area contributed by atoms with Gasteiger partial charge in [-0.25, -0.2) is 0 Å². The zero-order valence-electron chi connectivity index (χ0n) is 10.6. The Bertz CT molecular complexity index is 584.